The van der Waals surface area contributed by atoms with Crippen LogP contribution < -0.4 is 5.32 Å². The number of aromatic carboxylic acids is 1. The van der Waals surface area contributed by atoms with Crippen molar-refractivity contribution in [3.8, 4) is 0 Å². The molecule has 0 fully saturated rings. The predicted molar refractivity (Wildman–Crippen MR) is 67.8 cm³/mol. The molecule has 0 amide bonds. The lowest BCUT2D eigenvalue weighted by molar-refractivity contribution is 0.0697. The molecule has 1 rings (SSSR count). The molecule has 0 aliphatic carbocycles. The van der Waals surface area contributed by atoms with Crippen LogP contribution in [-0.4, -0.2) is 41.3 Å². The van der Waals surface area contributed by atoms with Crippen molar-refractivity contribution in [3.05, 3.63) is 18.1 Å². The summed E-state index contributed by atoms with van der Waals surface area (Å²) in [5.41, 5.74) is 0.0801. The third kappa shape index (κ3) is 4.29. The zero-order valence-electron chi connectivity index (χ0n) is 10.9. The molecule has 1 aromatic rings. The van der Waals surface area contributed by atoms with Gasteiger partial charge in [0.1, 0.15) is 17.7 Å². The molecule has 0 radical (unpaired) electrons. The second-order valence-electron chi connectivity index (χ2n) is 4.85. The van der Waals surface area contributed by atoms with Gasteiger partial charge in [-0.1, -0.05) is 13.8 Å². The molecule has 2 N–H and O–H groups in total. The molecular weight excluding hydrogens is 234 g/mol. The summed E-state index contributed by atoms with van der Waals surface area (Å²) in [5.74, 6) is -0.684. The maximum absolute atomic E-state index is 11.0. The zero-order valence-corrected chi connectivity index (χ0v) is 10.9. The number of aromatic nitrogens is 2. The lowest BCUT2D eigenvalue weighted by Gasteiger charge is -2.25. The van der Waals surface area contributed by atoms with E-state index in [2.05, 4.69) is 29.1 Å². The summed E-state index contributed by atoms with van der Waals surface area (Å²) in [5, 5.41) is 12.1. The van der Waals surface area contributed by atoms with E-state index in [-0.39, 0.29) is 11.0 Å². The standard InChI is InChI=1S/C12H19N3O3/c1-12(2,4-5-18-3)7-14-10-9(11(16)17)6-13-8-15-10/h6,8H,4-5,7H2,1-3H3,(H,16,17)(H,13,14,15). The first-order valence-electron chi connectivity index (χ1n) is 5.72. The minimum absolute atomic E-state index is 0.00324. The Kier molecular flexibility index (Phi) is 5.03. The molecule has 0 aromatic carbocycles. The highest BCUT2D eigenvalue weighted by Gasteiger charge is 2.19. The Morgan fingerprint density at radius 1 is 1.56 bits per heavy atom. The molecule has 0 saturated heterocycles. The first-order valence-corrected chi connectivity index (χ1v) is 5.72. The largest absolute Gasteiger partial charge is 0.477 e. The minimum atomic E-state index is -1.03. The smallest absolute Gasteiger partial charge is 0.341 e. The average molecular weight is 253 g/mol. The molecule has 100 valence electrons. The molecule has 6 heteroatoms. The SMILES string of the molecule is COCCC(C)(C)CNc1ncncc1C(=O)O. The van der Waals surface area contributed by atoms with E-state index in [0.717, 1.165) is 6.42 Å². The third-order valence-corrected chi connectivity index (χ3v) is 2.66. The van der Waals surface area contributed by atoms with Crippen LogP contribution in [0.2, 0.25) is 0 Å². The van der Waals surface area contributed by atoms with Crippen LogP contribution in [0.15, 0.2) is 12.5 Å². The van der Waals surface area contributed by atoms with Gasteiger partial charge in [-0.25, -0.2) is 14.8 Å². The maximum Gasteiger partial charge on any atom is 0.341 e. The van der Waals surface area contributed by atoms with Crippen molar-refractivity contribution in [2.45, 2.75) is 20.3 Å². The van der Waals surface area contributed by atoms with Crippen LogP contribution in [0.5, 0.6) is 0 Å². The van der Waals surface area contributed by atoms with Crippen LogP contribution in [0.1, 0.15) is 30.6 Å². The highest BCUT2D eigenvalue weighted by molar-refractivity contribution is 5.92. The van der Waals surface area contributed by atoms with E-state index in [1.54, 1.807) is 7.11 Å². The van der Waals surface area contributed by atoms with E-state index in [4.69, 9.17) is 9.84 Å². The van der Waals surface area contributed by atoms with Gasteiger partial charge in [0.15, 0.2) is 0 Å². The number of hydrogen-bond donors (Lipinski definition) is 2. The Labute approximate surface area is 106 Å². The molecule has 6 nitrogen and oxygen atoms in total. The van der Waals surface area contributed by atoms with Crippen molar-refractivity contribution in [3.63, 3.8) is 0 Å². The maximum atomic E-state index is 11.0. The quantitative estimate of drug-likeness (QED) is 0.768. The van der Waals surface area contributed by atoms with Crippen LogP contribution in [0.25, 0.3) is 0 Å². The summed E-state index contributed by atoms with van der Waals surface area (Å²) in [6, 6.07) is 0. The van der Waals surface area contributed by atoms with Gasteiger partial charge in [-0.2, -0.15) is 0 Å². The Bertz CT molecular complexity index is 407. The number of nitrogens with one attached hydrogen (secondary N) is 1. The number of rotatable bonds is 7. The summed E-state index contributed by atoms with van der Waals surface area (Å²) in [6.07, 6.45) is 3.50. The summed E-state index contributed by atoms with van der Waals surface area (Å²) < 4.78 is 5.04. The highest BCUT2D eigenvalue weighted by Crippen LogP contribution is 2.21. The van der Waals surface area contributed by atoms with Gasteiger partial charge in [0.05, 0.1) is 0 Å². The molecule has 0 unspecified atom stereocenters. The molecule has 1 aromatic heterocycles. The Morgan fingerprint density at radius 3 is 2.89 bits per heavy atom. The van der Waals surface area contributed by atoms with E-state index in [9.17, 15) is 4.79 Å². The van der Waals surface area contributed by atoms with Crippen LogP contribution >= 0.6 is 0 Å². The van der Waals surface area contributed by atoms with Crippen molar-refractivity contribution < 1.29 is 14.6 Å². The third-order valence-electron chi connectivity index (χ3n) is 2.66. The monoisotopic (exact) mass is 253 g/mol. The summed E-state index contributed by atoms with van der Waals surface area (Å²) in [7, 11) is 1.66. The van der Waals surface area contributed by atoms with Crippen LogP contribution in [0, 0.1) is 5.41 Å². The van der Waals surface area contributed by atoms with Crippen molar-refractivity contribution in [1.82, 2.24) is 9.97 Å². The molecule has 0 aliphatic rings. The van der Waals surface area contributed by atoms with Gasteiger partial charge in [-0.05, 0) is 11.8 Å². The van der Waals surface area contributed by atoms with Crippen LogP contribution in [0.4, 0.5) is 5.82 Å². The van der Waals surface area contributed by atoms with Crippen molar-refractivity contribution in [2.24, 2.45) is 5.41 Å². The fraction of sp³-hybridized carbons (Fsp3) is 0.583. The second-order valence-corrected chi connectivity index (χ2v) is 4.85. The number of carboxylic acid groups (broad SMARTS) is 1. The van der Waals surface area contributed by atoms with Gasteiger partial charge < -0.3 is 15.2 Å². The Balaban J connectivity index is 2.65. The fourth-order valence-corrected chi connectivity index (χ4v) is 1.42. The van der Waals surface area contributed by atoms with Gasteiger partial charge in [0.2, 0.25) is 0 Å². The molecule has 1 heterocycles. The normalized spacial score (nSPS) is 11.3. The number of hydrogen-bond acceptors (Lipinski definition) is 5. The molecule has 0 saturated carbocycles. The van der Waals surface area contributed by atoms with Crippen molar-refractivity contribution in [1.29, 1.82) is 0 Å². The number of ether oxygens (including phenoxy) is 1. The zero-order chi connectivity index (χ0) is 13.6. The summed E-state index contributed by atoms with van der Waals surface area (Å²) in [4.78, 5) is 18.6. The van der Waals surface area contributed by atoms with E-state index in [1.165, 1.54) is 12.5 Å². The number of carboxylic acids is 1. The van der Waals surface area contributed by atoms with E-state index in [0.29, 0.717) is 19.0 Å². The predicted octanol–water partition coefficient (Wildman–Crippen LogP) is 1.65. The Hall–Kier alpha value is -1.69. The fourth-order valence-electron chi connectivity index (χ4n) is 1.42. The molecule has 0 aliphatic heterocycles. The first-order chi connectivity index (χ1) is 8.46. The summed E-state index contributed by atoms with van der Waals surface area (Å²) >= 11 is 0. The van der Waals surface area contributed by atoms with Crippen molar-refractivity contribution >= 4 is 11.8 Å². The van der Waals surface area contributed by atoms with E-state index >= 15 is 0 Å². The van der Waals surface area contributed by atoms with Crippen LogP contribution in [0.3, 0.4) is 0 Å². The van der Waals surface area contributed by atoms with Gasteiger partial charge in [-0.15, -0.1) is 0 Å². The van der Waals surface area contributed by atoms with Gasteiger partial charge >= 0.3 is 5.97 Å². The van der Waals surface area contributed by atoms with E-state index < -0.39 is 5.97 Å². The van der Waals surface area contributed by atoms with Crippen molar-refractivity contribution in [2.75, 3.05) is 25.6 Å². The topological polar surface area (TPSA) is 84.3 Å². The van der Waals surface area contributed by atoms with Gasteiger partial charge in [0.25, 0.3) is 0 Å². The van der Waals surface area contributed by atoms with Gasteiger partial charge in [-0.3, -0.25) is 0 Å². The van der Waals surface area contributed by atoms with Gasteiger partial charge in [0, 0.05) is 26.5 Å². The Morgan fingerprint density at radius 2 is 2.28 bits per heavy atom. The number of methoxy groups -OCH3 is 1. The summed E-state index contributed by atoms with van der Waals surface area (Å²) in [6.45, 7) is 5.46. The molecule has 0 spiro atoms. The molecule has 0 atom stereocenters. The first kappa shape index (κ1) is 14.4. The lowest BCUT2D eigenvalue weighted by atomic mass is 9.90. The number of nitrogens with zero attached hydrogens (tertiary/aromatic N) is 2. The average Bonchev–Trinajstić information content (AvgIpc) is 2.34. The highest BCUT2D eigenvalue weighted by atomic mass is 16.5. The second kappa shape index (κ2) is 6.30. The molecular formula is C12H19N3O3. The van der Waals surface area contributed by atoms with Crippen LogP contribution in [-0.2, 0) is 4.74 Å². The lowest BCUT2D eigenvalue weighted by Crippen LogP contribution is -2.25. The molecule has 18 heavy (non-hydrogen) atoms. The minimum Gasteiger partial charge on any atom is -0.477 e. The number of anilines is 1. The molecule has 0 bridgehead atoms. The van der Waals surface area contributed by atoms with E-state index in [1.807, 2.05) is 0 Å². The number of carbonyl (C=O) groups is 1.